The van der Waals surface area contributed by atoms with E-state index < -0.39 is 12.3 Å². The van der Waals surface area contributed by atoms with Crippen molar-refractivity contribution in [3.05, 3.63) is 18.3 Å². The van der Waals surface area contributed by atoms with E-state index in [1.807, 2.05) is 4.90 Å². The van der Waals surface area contributed by atoms with E-state index in [9.17, 15) is 18.0 Å². The highest BCUT2D eigenvalue weighted by Crippen LogP contribution is 2.25. The monoisotopic (exact) mass is 290 g/mol. The summed E-state index contributed by atoms with van der Waals surface area (Å²) in [5, 5.41) is 8.88. The molecule has 0 atom stereocenters. The summed E-state index contributed by atoms with van der Waals surface area (Å²) in [5.41, 5.74) is 0. The Kier molecular flexibility index (Phi) is 4.01. The van der Waals surface area contributed by atoms with E-state index in [1.165, 1.54) is 12.1 Å². The highest BCUT2D eigenvalue weighted by molar-refractivity contribution is 5.70. The molecular weight excluding hydrogens is 277 g/mol. The lowest BCUT2D eigenvalue weighted by Gasteiger charge is -2.31. The van der Waals surface area contributed by atoms with Gasteiger partial charge in [-0.15, -0.1) is 13.2 Å². The van der Waals surface area contributed by atoms with Crippen LogP contribution in [-0.2, 0) is 4.79 Å². The van der Waals surface area contributed by atoms with E-state index >= 15 is 0 Å². The first-order valence-corrected chi connectivity index (χ1v) is 6.05. The molecule has 5 nitrogen and oxygen atoms in total. The van der Waals surface area contributed by atoms with Crippen molar-refractivity contribution in [1.29, 1.82) is 0 Å². The molecule has 2 heterocycles. The minimum atomic E-state index is -4.73. The van der Waals surface area contributed by atoms with Crippen LogP contribution in [0.3, 0.4) is 0 Å². The van der Waals surface area contributed by atoms with Crippen molar-refractivity contribution in [1.82, 2.24) is 4.98 Å². The van der Waals surface area contributed by atoms with Crippen LogP contribution in [0.2, 0.25) is 0 Å². The quantitative estimate of drug-likeness (QED) is 0.925. The van der Waals surface area contributed by atoms with Crippen molar-refractivity contribution in [3.63, 3.8) is 0 Å². The molecule has 0 unspecified atom stereocenters. The van der Waals surface area contributed by atoms with Gasteiger partial charge in [0.2, 0.25) is 0 Å². The number of piperidine rings is 1. The molecule has 0 radical (unpaired) electrons. The summed E-state index contributed by atoms with van der Waals surface area (Å²) in [7, 11) is 0. The van der Waals surface area contributed by atoms with E-state index in [2.05, 4.69) is 9.72 Å². The topological polar surface area (TPSA) is 62.7 Å². The maximum absolute atomic E-state index is 12.0. The van der Waals surface area contributed by atoms with Gasteiger partial charge in [0.05, 0.1) is 12.1 Å². The molecule has 1 fully saturated rings. The fourth-order valence-electron chi connectivity index (χ4n) is 2.11. The molecule has 1 saturated heterocycles. The van der Waals surface area contributed by atoms with Crippen molar-refractivity contribution in [2.45, 2.75) is 19.2 Å². The molecule has 0 aromatic carbocycles. The Balaban J connectivity index is 1.96. The highest BCUT2D eigenvalue weighted by Gasteiger charge is 2.31. The average Bonchev–Trinajstić information content (AvgIpc) is 2.38. The van der Waals surface area contributed by atoms with Gasteiger partial charge >= 0.3 is 12.3 Å². The first-order chi connectivity index (χ1) is 9.35. The van der Waals surface area contributed by atoms with Crippen LogP contribution < -0.4 is 9.64 Å². The lowest BCUT2D eigenvalue weighted by molar-refractivity contribution is -0.274. The second-order valence-corrected chi connectivity index (χ2v) is 4.50. The molecule has 1 aromatic heterocycles. The Labute approximate surface area is 113 Å². The zero-order chi connectivity index (χ0) is 14.8. The summed E-state index contributed by atoms with van der Waals surface area (Å²) in [6, 6.07) is 2.63. The molecule has 0 spiro atoms. The Morgan fingerprint density at radius 3 is 2.45 bits per heavy atom. The maximum Gasteiger partial charge on any atom is 0.573 e. The fourth-order valence-corrected chi connectivity index (χ4v) is 2.11. The molecule has 20 heavy (non-hydrogen) atoms. The molecule has 0 bridgehead atoms. The maximum atomic E-state index is 12.0. The molecule has 0 saturated carbocycles. The second-order valence-electron chi connectivity index (χ2n) is 4.50. The van der Waals surface area contributed by atoms with E-state index in [0.29, 0.717) is 31.7 Å². The van der Waals surface area contributed by atoms with E-state index in [4.69, 9.17) is 5.11 Å². The van der Waals surface area contributed by atoms with Crippen LogP contribution in [0, 0.1) is 5.92 Å². The first kappa shape index (κ1) is 14.4. The largest absolute Gasteiger partial charge is 0.573 e. The lowest BCUT2D eigenvalue weighted by atomic mass is 9.97. The van der Waals surface area contributed by atoms with Gasteiger partial charge in [-0.1, -0.05) is 0 Å². The second kappa shape index (κ2) is 5.56. The van der Waals surface area contributed by atoms with Gasteiger partial charge in [-0.25, -0.2) is 4.98 Å². The molecule has 110 valence electrons. The Bertz CT molecular complexity index is 468. The van der Waals surface area contributed by atoms with Crippen LogP contribution in [0.25, 0.3) is 0 Å². The fraction of sp³-hybridized carbons (Fsp3) is 0.500. The third kappa shape index (κ3) is 3.75. The summed E-state index contributed by atoms with van der Waals surface area (Å²) in [6.45, 7) is 1.03. The molecule has 1 aromatic rings. The summed E-state index contributed by atoms with van der Waals surface area (Å²) < 4.78 is 39.7. The summed E-state index contributed by atoms with van der Waals surface area (Å²) in [6.07, 6.45) is -2.73. The van der Waals surface area contributed by atoms with Gasteiger partial charge < -0.3 is 14.7 Å². The van der Waals surface area contributed by atoms with Gasteiger partial charge in [-0.2, -0.15) is 0 Å². The van der Waals surface area contributed by atoms with Crippen molar-refractivity contribution in [3.8, 4) is 5.75 Å². The van der Waals surface area contributed by atoms with Crippen molar-refractivity contribution in [2.75, 3.05) is 18.0 Å². The normalized spacial score (nSPS) is 17.1. The van der Waals surface area contributed by atoms with Gasteiger partial charge in [-0.3, -0.25) is 4.79 Å². The van der Waals surface area contributed by atoms with Crippen LogP contribution in [0.4, 0.5) is 19.0 Å². The molecule has 0 amide bonds. The number of ether oxygens (including phenoxy) is 1. The highest BCUT2D eigenvalue weighted by atomic mass is 19.4. The van der Waals surface area contributed by atoms with Gasteiger partial charge in [-0.05, 0) is 25.0 Å². The number of anilines is 1. The lowest BCUT2D eigenvalue weighted by Crippen LogP contribution is -2.36. The number of hydrogen-bond donors (Lipinski definition) is 1. The van der Waals surface area contributed by atoms with Crippen LogP contribution in [0.5, 0.6) is 5.75 Å². The molecule has 1 aliphatic heterocycles. The number of aliphatic carboxylic acids is 1. The molecule has 1 N–H and O–H groups in total. The summed E-state index contributed by atoms with van der Waals surface area (Å²) >= 11 is 0. The molecular formula is C12H13F3N2O3. The minimum absolute atomic E-state index is 0.362. The van der Waals surface area contributed by atoms with Crippen LogP contribution >= 0.6 is 0 Å². The number of hydrogen-bond acceptors (Lipinski definition) is 4. The summed E-state index contributed by atoms with van der Waals surface area (Å²) in [4.78, 5) is 16.6. The van der Waals surface area contributed by atoms with E-state index in [-0.39, 0.29) is 11.7 Å². The van der Waals surface area contributed by atoms with Gasteiger partial charge in [0.15, 0.2) is 0 Å². The zero-order valence-corrected chi connectivity index (χ0v) is 10.4. The number of pyridine rings is 1. The SMILES string of the molecule is O=C(O)C1CCN(c2ccc(OC(F)(F)F)cn2)CC1. The average molecular weight is 290 g/mol. The van der Waals surface area contributed by atoms with Crippen molar-refractivity contribution < 1.29 is 27.8 Å². The first-order valence-electron chi connectivity index (χ1n) is 6.05. The van der Waals surface area contributed by atoms with E-state index in [0.717, 1.165) is 6.20 Å². The van der Waals surface area contributed by atoms with Crippen LogP contribution in [-0.4, -0.2) is 35.5 Å². The third-order valence-electron chi connectivity index (χ3n) is 3.12. The number of halogens is 3. The Morgan fingerprint density at radius 1 is 1.35 bits per heavy atom. The van der Waals surface area contributed by atoms with Crippen molar-refractivity contribution >= 4 is 11.8 Å². The molecule has 0 aliphatic carbocycles. The molecule has 1 aliphatic rings. The van der Waals surface area contributed by atoms with Crippen LogP contribution in [0.15, 0.2) is 18.3 Å². The molecule has 8 heteroatoms. The Hall–Kier alpha value is -1.99. The predicted octanol–water partition coefficient (Wildman–Crippen LogP) is 2.28. The van der Waals surface area contributed by atoms with E-state index in [1.54, 1.807) is 0 Å². The number of rotatable bonds is 3. The Morgan fingerprint density at radius 2 is 2.00 bits per heavy atom. The third-order valence-corrected chi connectivity index (χ3v) is 3.12. The number of carboxylic acids is 1. The predicted molar refractivity (Wildman–Crippen MR) is 63.5 cm³/mol. The number of carbonyl (C=O) groups is 1. The number of alkyl halides is 3. The number of nitrogens with zero attached hydrogens (tertiary/aromatic N) is 2. The van der Waals surface area contributed by atoms with Gasteiger partial charge in [0.1, 0.15) is 11.6 Å². The standard InChI is InChI=1S/C12H13F3N2O3/c13-12(14,15)20-9-1-2-10(16-7-9)17-5-3-8(4-6-17)11(18)19/h1-2,7-8H,3-6H2,(H,18,19). The zero-order valence-electron chi connectivity index (χ0n) is 10.4. The number of aromatic nitrogens is 1. The van der Waals surface area contributed by atoms with Crippen molar-refractivity contribution in [2.24, 2.45) is 5.92 Å². The smallest absolute Gasteiger partial charge is 0.481 e. The van der Waals surface area contributed by atoms with Gasteiger partial charge in [0.25, 0.3) is 0 Å². The minimum Gasteiger partial charge on any atom is -0.481 e. The molecule has 2 rings (SSSR count). The van der Waals surface area contributed by atoms with Gasteiger partial charge in [0, 0.05) is 13.1 Å². The number of carboxylic acid groups (broad SMARTS) is 1. The van der Waals surface area contributed by atoms with Crippen LogP contribution in [0.1, 0.15) is 12.8 Å². The summed E-state index contributed by atoms with van der Waals surface area (Å²) in [5.74, 6) is -1.03.